The number of nitrogens with zero attached hydrogens (tertiary/aromatic N) is 2. The lowest BCUT2D eigenvalue weighted by atomic mass is 9.91. The molecule has 1 heterocycles. The Labute approximate surface area is 205 Å². The normalized spacial score (nSPS) is 21.8. The molecule has 0 spiro atoms. The van der Waals surface area contributed by atoms with E-state index in [0.29, 0.717) is 19.6 Å². The minimum Gasteiger partial charge on any atom is -0.357 e. The van der Waals surface area contributed by atoms with E-state index in [9.17, 15) is 4.79 Å². The summed E-state index contributed by atoms with van der Waals surface area (Å²) in [5, 5.41) is 9.54. The van der Waals surface area contributed by atoms with Crippen LogP contribution in [0.5, 0.6) is 0 Å². The van der Waals surface area contributed by atoms with E-state index >= 15 is 0 Å². The van der Waals surface area contributed by atoms with Crippen LogP contribution in [0.3, 0.4) is 0 Å². The van der Waals surface area contributed by atoms with Crippen LogP contribution in [0, 0.1) is 17.8 Å². The van der Waals surface area contributed by atoms with Gasteiger partial charge in [0.15, 0.2) is 5.96 Å². The number of nitrogens with one attached hydrogen (secondary N) is 3. The first-order valence-corrected chi connectivity index (χ1v) is 11.6. The zero-order chi connectivity index (χ0) is 21.3. The summed E-state index contributed by atoms with van der Waals surface area (Å²) in [6.45, 7) is 13.0. The van der Waals surface area contributed by atoms with Crippen molar-refractivity contribution < 1.29 is 4.79 Å². The third kappa shape index (κ3) is 9.35. The molecule has 1 saturated carbocycles. The van der Waals surface area contributed by atoms with Crippen LogP contribution in [0.4, 0.5) is 0 Å². The van der Waals surface area contributed by atoms with Crippen molar-refractivity contribution in [3.05, 3.63) is 35.4 Å². The lowest BCUT2D eigenvalue weighted by Crippen LogP contribution is -2.41. The fourth-order valence-electron chi connectivity index (χ4n) is 4.30. The molecule has 0 radical (unpaired) electrons. The highest BCUT2D eigenvalue weighted by Crippen LogP contribution is 2.28. The maximum absolute atomic E-state index is 11.7. The second-order valence-corrected chi connectivity index (χ2v) is 9.14. The molecule has 1 aromatic rings. The standard InChI is InChI=1S/C24H39N5O.HI/c1-4-25-24(27-12-11-26-23(30)22-9-10-22)28-14-20-5-7-21(8-6-20)17-29-15-18(2)13-19(3)16-29;/h5-8,18-19,22H,4,9-17H2,1-3H3,(H,26,30)(H2,25,27,28);1H. The predicted molar refractivity (Wildman–Crippen MR) is 139 cm³/mol. The average molecular weight is 542 g/mol. The minimum absolute atomic E-state index is 0. The molecule has 1 aromatic carbocycles. The Morgan fingerprint density at radius 3 is 2.23 bits per heavy atom. The van der Waals surface area contributed by atoms with E-state index in [4.69, 9.17) is 0 Å². The first-order chi connectivity index (χ1) is 14.5. The van der Waals surface area contributed by atoms with Crippen molar-refractivity contribution in [3.63, 3.8) is 0 Å². The molecule has 0 aromatic heterocycles. The predicted octanol–water partition coefficient (Wildman–Crippen LogP) is 3.36. The molecule has 1 aliphatic carbocycles. The van der Waals surface area contributed by atoms with Crippen LogP contribution in [-0.4, -0.2) is 49.5 Å². The van der Waals surface area contributed by atoms with Crippen molar-refractivity contribution in [2.24, 2.45) is 22.7 Å². The molecular formula is C24H40IN5O. The summed E-state index contributed by atoms with van der Waals surface area (Å²) in [5.41, 5.74) is 2.58. The van der Waals surface area contributed by atoms with E-state index in [0.717, 1.165) is 43.7 Å². The molecule has 174 valence electrons. The van der Waals surface area contributed by atoms with E-state index in [1.807, 2.05) is 0 Å². The number of piperidine rings is 1. The fraction of sp³-hybridized carbons (Fsp3) is 0.667. The first-order valence-electron chi connectivity index (χ1n) is 11.6. The third-order valence-corrected chi connectivity index (χ3v) is 5.80. The van der Waals surface area contributed by atoms with Gasteiger partial charge in [0.25, 0.3) is 0 Å². The zero-order valence-electron chi connectivity index (χ0n) is 19.3. The molecule has 1 aliphatic heterocycles. The minimum atomic E-state index is 0. The first kappa shape index (κ1) is 25.9. The number of benzene rings is 1. The van der Waals surface area contributed by atoms with Crippen molar-refractivity contribution in [2.75, 3.05) is 32.7 Å². The number of amides is 1. The summed E-state index contributed by atoms with van der Waals surface area (Å²) in [5.74, 6) is 2.82. The summed E-state index contributed by atoms with van der Waals surface area (Å²) in [6, 6.07) is 8.86. The van der Waals surface area contributed by atoms with Gasteiger partial charge >= 0.3 is 0 Å². The van der Waals surface area contributed by atoms with Gasteiger partial charge in [-0.15, -0.1) is 24.0 Å². The molecule has 2 atom stereocenters. The average Bonchev–Trinajstić information content (AvgIpc) is 3.55. The third-order valence-electron chi connectivity index (χ3n) is 5.80. The number of rotatable bonds is 9. The lowest BCUT2D eigenvalue weighted by molar-refractivity contribution is -0.122. The lowest BCUT2D eigenvalue weighted by Gasteiger charge is -2.35. The summed E-state index contributed by atoms with van der Waals surface area (Å²) in [4.78, 5) is 19.0. The number of likely N-dealkylation sites (tertiary alicyclic amines) is 1. The van der Waals surface area contributed by atoms with Crippen LogP contribution in [0.2, 0.25) is 0 Å². The number of hydrogen-bond acceptors (Lipinski definition) is 3. The molecule has 1 amide bonds. The van der Waals surface area contributed by atoms with Crippen molar-refractivity contribution in [2.45, 2.75) is 53.1 Å². The maximum atomic E-state index is 11.7. The molecule has 6 nitrogen and oxygen atoms in total. The van der Waals surface area contributed by atoms with E-state index in [1.165, 1.54) is 30.6 Å². The highest BCUT2D eigenvalue weighted by atomic mass is 127. The number of halogens is 1. The highest BCUT2D eigenvalue weighted by molar-refractivity contribution is 14.0. The Kier molecular flexibility index (Phi) is 11.1. The Morgan fingerprint density at radius 1 is 1.00 bits per heavy atom. The van der Waals surface area contributed by atoms with Gasteiger partial charge in [-0.1, -0.05) is 38.1 Å². The second kappa shape index (κ2) is 13.3. The molecule has 3 rings (SSSR count). The second-order valence-electron chi connectivity index (χ2n) is 9.14. The van der Waals surface area contributed by atoms with Crippen LogP contribution in [0.15, 0.2) is 29.3 Å². The summed E-state index contributed by atoms with van der Waals surface area (Å²) in [6.07, 6.45) is 3.43. The number of hydrogen-bond donors (Lipinski definition) is 3. The van der Waals surface area contributed by atoms with Gasteiger partial charge in [0.05, 0.1) is 6.54 Å². The number of aliphatic imine (C=N–C) groups is 1. The van der Waals surface area contributed by atoms with E-state index in [2.05, 4.69) is 70.9 Å². The topological polar surface area (TPSA) is 68.8 Å². The Morgan fingerprint density at radius 2 is 1.61 bits per heavy atom. The van der Waals surface area contributed by atoms with Crippen LogP contribution < -0.4 is 16.0 Å². The molecule has 3 N–H and O–H groups in total. The monoisotopic (exact) mass is 541 g/mol. The smallest absolute Gasteiger partial charge is 0.223 e. The Balaban J connectivity index is 0.00000341. The molecular weight excluding hydrogens is 501 g/mol. The van der Waals surface area contributed by atoms with Crippen LogP contribution in [0.25, 0.3) is 0 Å². The SMILES string of the molecule is CCNC(=NCc1ccc(CN2CC(C)CC(C)C2)cc1)NCCNC(=O)C1CC1.I. The van der Waals surface area contributed by atoms with Crippen LogP contribution >= 0.6 is 24.0 Å². The molecule has 31 heavy (non-hydrogen) atoms. The number of carbonyl (C=O) groups is 1. The van der Waals surface area contributed by atoms with Crippen molar-refractivity contribution in [1.29, 1.82) is 0 Å². The van der Waals surface area contributed by atoms with Gasteiger partial charge in [0, 0.05) is 45.2 Å². The molecule has 2 aliphatic rings. The fourth-order valence-corrected chi connectivity index (χ4v) is 4.30. The van der Waals surface area contributed by atoms with E-state index < -0.39 is 0 Å². The van der Waals surface area contributed by atoms with Gasteiger partial charge in [0.2, 0.25) is 5.91 Å². The summed E-state index contributed by atoms with van der Waals surface area (Å²) < 4.78 is 0. The van der Waals surface area contributed by atoms with Crippen LogP contribution in [-0.2, 0) is 17.9 Å². The molecule has 2 fully saturated rings. The Bertz CT molecular complexity index is 694. The van der Waals surface area contributed by atoms with Gasteiger partial charge in [-0.05, 0) is 49.1 Å². The summed E-state index contributed by atoms with van der Waals surface area (Å²) in [7, 11) is 0. The molecule has 0 bridgehead atoms. The Hall–Kier alpha value is -1.35. The maximum Gasteiger partial charge on any atom is 0.223 e. The van der Waals surface area contributed by atoms with Gasteiger partial charge in [-0.3, -0.25) is 9.69 Å². The molecule has 2 unspecified atom stereocenters. The highest BCUT2D eigenvalue weighted by Gasteiger charge is 2.29. The zero-order valence-corrected chi connectivity index (χ0v) is 21.7. The van der Waals surface area contributed by atoms with Crippen molar-refractivity contribution in [3.8, 4) is 0 Å². The van der Waals surface area contributed by atoms with Crippen molar-refractivity contribution in [1.82, 2.24) is 20.9 Å². The van der Waals surface area contributed by atoms with Gasteiger partial charge in [-0.25, -0.2) is 4.99 Å². The van der Waals surface area contributed by atoms with Crippen LogP contribution in [0.1, 0.15) is 51.2 Å². The largest absolute Gasteiger partial charge is 0.357 e. The number of carbonyl (C=O) groups excluding carboxylic acids is 1. The van der Waals surface area contributed by atoms with Crippen molar-refractivity contribution >= 4 is 35.8 Å². The molecule has 7 heteroatoms. The quantitative estimate of drug-likeness (QED) is 0.194. The molecule has 1 saturated heterocycles. The van der Waals surface area contributed by atoms with Gasteiger partial charge < -0.3 is 16.0 Å². The van der Waals surface area contributed by atoms with E-state index in [1.54, 1.807) is 0 Å². The van der Waals surface area contributed by atoms with E-state index in [-0.39, 0.29) is 35.8 Å². The van der Waals surface area contributed by atoms with Gasteiger partial charge in [-0.2, -0.15) is 0 Å². The van der Waals surface area contributed by atoms with Gasteiger partial charge in [0.1, 0.15) is 0 Å². The summed E-state index contributed by atoms with van der Waals surface area (Å²) >= 11 is 0. The number of guanidine groups is 1.